The van der Waals surface area contributed by atoms with E-state index in [1.807, 2.05) is 13.1 Å². The molecule has 9 heavy (non-hydrogen) atoms. The zero-order chi connectivity index (χ0) is 7.00. The van der Waals surface area contributed by atoms with Gasteiger partial charge in [-0.25, -0.2) is 0 Å². The van der Waals surface area contributed by atoms with Crippen LogP contribution in [0.15, 0.2) is 0 Å². The number of rotatable bonds is 0. The van der Waals surface area contributed by atoms with Gasteiger partial charge in [0.05, 0.1) is 0 Å². The third-order valence-electron chi connectivity index (χ3n) is 1.84. The summed E-state index contributed by atoms with van der Waals surface area (Å²) in [5.41, 5.74) is 0. The van der Waals surface area contributed by atoms with Gasteiger partial charge in [-0.05, 0) is 18.1 Å². The molecular formula is C6H17LiOSi. The summed E-state index contributed by atoms with van der Waals surface area (Å²) in [6, 6.07) is 0. The van der Waals surface area contributed by atoms with Crippen LogP contribution in [0.5, 0.6) is 0 Å². The van der Waals surface area contributed by atoms with Crippen LogP contribution in [0.4, 0.5) is 0 Å². The van der Waals surface area contributed by atoms with Crippen LogP contribution < -0.4 is 0 Å². The first-order valence-electron chi connectivity index (χ1n) is 2.97. The fourth-order valence-electron chi connectivity index (χ4n) is 0. The zero-order valence-corrected chi connectivity index (χ0v) is 7.45. The summed E-state index contributed by atoms with van der Waals surface area (Å²) in [4.78, 5) is 9.49. The van der Waals surface area contributed by atoms with Crippen molar-refractivity contribution in [3.05, 3.63) is 0 Å². The Morgan fingerprint density at radius 1 is 1.11 bits per heavy atom. The first kappa shape index (κ1) is 12.5. The first-order valence-corrected chi connectivity index (χ1v) is 5.92. The average Bonchev–Trinajstić information content (AvgIpc) is 1.25. The molecule has 0 aromatic carbocycles. The van der Waals surface area contributed by atoms with Crippen LogP contribution in [0.1, 0.15) is 20.8 Å². The van der Waals surface area contributed by atoms with E-state index in [0.717, 1.165) is 0 Å². The quantitative estimate of drug-likeness (QED) is 0.503. The van der Waals surface area contributed by atoms with Crippen LogP contribution in [0.3, 0.4) is 0 Å². The zero-order valence-electron chi connectivity index (χ0n) is 6.45. The van der Waals surface area contributed by atoms with Crippen molar-refractivity contribution in [2.75, 3.05) is 0 Å². The van der Waals surface area contributed by atoms with E-state index >= 15 is 0 Å². The Labute approximate surface area is 71.2 Å². The Morgan fingerprint density at radius 2 is 1.22 bits per heavy atom. The Balaban J connectivity index is 0. The Morgan fingerprint density at radius 3 is 1.22 bits per heavy atom. The fourth-order valence-corrected chi connectivity index (χ4v) is 0. The molecule has 0 aliphatic rings. The predicted octanol–water partition coefficient (Wildman–Crippen LogP) is 1.34. The van der Waals surface area contributed by atoms with Crippen LogP contribution in [0.2, 0.25) is 18.1 Å². The average molecular weight is 140 g/mol. The van der Waals surface area contributed by atoms with Crippen LogP contribution in [-0.2, 0) is 0 Å². The standard InChI is InChI=1S/C6H16OSi.Li.H/c1-6(2,3)8(4,5)7;;/h7H,1-5H3;;. The van der Waals surface area contributed by atoms with Crippen molar-refractivity contribution < 1.29 is 4.80 Å². The summed E-state index contributed by atoms with van der Waals surface area (Å²) in [6.07, 6.45) is 0. The molecule has 0 atom stereocenters. The van der Waals surface area contributed by atoms with Crippen molar-refractivity contribution in [1.82, 2.24) is 0 Å². The monoisotopic (exact) mass is 140 g/mol. The second-order valence-corrected chi connectivity index (χ2v) is 8.43. The summed E-state index contributed by atoms with van der Waals surface area (Å²) < 4.78 is 0. The summed E-state index contributed by atoms with van der Waals surface area (Å²) >= 11 is 0. The van der Waals surface area contributed by atoms with Crippen LogP contribution in [0.25, 0.3) is 0 Å². The molecule has 0 aliphatic heterocycles. The number of hydrogen-bond donors (Lipinski definition) is 1. The van der Waals surface area contributed by atoms with Gasteiger partial charge in [0.25, 0.3) is 0 Å². The van der Waals surface area contributed by atoms with Crippen molar-refractivity contribution >= 4 is 27.2 Å². The molecule has 52 valence electrons. The minimum absolute atomic E-state index is 0. The Bertz CT molecular complexity index is 68.0. The Hall–Kier alpha value is 0.774. The SMILES string of the molecule is CC(C)(C)[Si](C)(C)O.[LiH]. The molecule has 0 saturated carbocycles. The third kappa shape index (κ3) is 4.21. The van der Waals surface area contributed by atoms with Crippen LogP contribution >= 0.6 is 0 Å². The van der Waals surface area contributed by atoms with Crippen molar-refractivity contribution in [2.45, 2.75) is 38.9 Å². The van der Waals surface area contributed by atoms with Gasteiger partial charge in [0.15, 0.2) is 8.32 Å². The fraction of sp³-hybridized carbons (Fsp3) is 1.00. The molecular weight excluding hydrogens is 123 g/mol. The molecule has 0 heterocycles. The molecule has 0 aliphatic carbocycles. The van der Waals surface area contributed by atoms with Gasteiger partial charge in [0.2, 0.25) is 0 Å². The second-order valence-electron chi connectivity index (χ2n) is 3.81. The molecule has 0 aromatic heterocycles. The molecule has 3 heteroatoms. The van der Waals surface area contributed by atoms with E-state index in [4.69, 9.17) is 0 Å². The normalized spacial score (nSPS) is 12.7. The van der Waals surface area contributed by atoms with Crippen LogP contribution in [0, 0.1) is 0 Å². The van der Waals surface area contributed by atoms with Gasteiger partial charge in [-0.1, -0.05) is 20.8 Å². The molecule has 0 fully saturated rings. The number of hydrogen-bond acceptors (Lipinski definition) is 1. The molecule has 0 unspecified atom stereocenters. The maximum absolute atomic E-state index is 9.49. The van der Waals surface area contributed by atoms with Gasteiger partial charge >= 0.3 is 18.9 Å². The van der Waals surface area contributed by atoms with Crippen LogP contribution in [-0.4, -0.2) is 32.0 Å². The van der Waals surface area contributed by atoms with Gasteiger partial charge in [-0.2, -0.15) is 0 Å². The topological polar surface area (TPSA) is 20.2 Å². The molecule has 0 bridgehead atoms. The summed E-state index contributed by atoms with van der Waals surface area (Å²) in [5, 5.41) is 0.132. The van der Waals surface area contributed by atoms with E-state index < -0.39 is 8.32 Å². The van der Waals surface area contributed by atoms with Gasteiger partial charge < -0.3 is 4.80 Å². The summed E-state index contributed by atoms with van der Waals surface area (Å²) in [5.74, 6) is 0. The first-order chi connectivity index (χ1) is 3.25. The molecule has 0 radical (unpaired) electrons. The Kier molecular flexibility index (Phi) is 4.50. The van der Waals surface area contributed by atoms with E-state index in [2.05, 4.69) is 20.8 Å². The van der Waals surface area contributed by atoms with E-state index in [1.54, 1.807) is 0 Å². The maximum atomic E-state index is 9.49. The van der Waals surface area contributed by atoms with E-state index in [-0.39, 0.29) is 23.9 Å². The molecule has 0 saturated heterocycles. The van der Waals surface area contributed by atoms with E-state index in [0.29, 0.717) is 0 Å². The molecule has 0 rings (SSSR count). The van der Waals surface area contributed by atoms with E-state index in [1.165, 1.54) is 0 Å². The van der Waals surface area contributed by atoms with Gasteiger partial charge in [-0.15, -0.1) is 0 Å². The summed E-state index contributed by atoms with van der Waals surface area (Å²) in [7, 11) is -1.86. The van der Waals surface area contributed by atoms with Gasteiger partial charge in [-0.3, -0.25) is 0 Å². The molecule has 0 amide bonds. The van der Waals surface area contributed by atoms with Gasteiger partial charge in [0, 0.05) is 0 Å². The van der Waals surface area contributed by atoms with Crippen molar-refractivity contribution in [1.29, 1.82) is 0 Å². The van der Waals surface area contributed by atoms with E-state index in [9.17, 15) is 4.80 Å². The van der Waals surface area contributed by atoms with Crippen molar-refractivity contribution in [3.63, 3.8) is 0 Å². The predicted molar refractivity (Wildman–Crippen MR) is 46.6 cm³/mol. The molecule has 0 spiro atoms. The molecule has 1 N–H and O–H groups in total. The van der Waals surface area contributed by atoms with Crippen molar-refractivity contribution in [3.8, 4) is 0 Å². The van der Waals surface area contributed by atoms with Gasteiger partial charge in [0.1, 0.15) is 0 Å². The van der Waals surface area contributed by atoms with Crippen molar-refractivity contribution in [2.24, 2.45) is 0 Å². The minimum atomic E-state index is -1.86. The third-order valence-corrected chi connectivity index (χ3v) is 5.51. The summed E-state index contributed by atoms with van der Waals surface area (Å²) in [6.45, 7) is 10.2. The second kappa shape index (κ2) is 3.25. The molecule has 0 aromatic rings. The molecule has 1 nitrogen and oxygen atoms in total.